The van der Waals surface area contributed by atoms with Crippen LogP contribution in [0, 0.1) is 5.92 Å². The summed E-state index contributed by atoms with van der Waals surface area (Å²) in [6.45, 7) is 5.99. The molecule has 6 heteroatoms. The Balaban J connectivity index is 0. The molecule has 0 aliphatic heterocycles. The average Bonchev–Trinajstić information content (AvgIpc) is 2.12. The first-order valence-corrected chi connectivity index (χ1v) is 5.18. The van der Waals surface area contributed by atoms with Gasteiger partial charge in [-0.25, -0.2) is 4.79 Å². The topological polar surface area (TPSA) is 83.6 Å². The average molecular weight is 253 g/mol. The molecule has 0 aromatic carbocycles. The molecule has 0 fully saturated rings. The maximum Gasteiger partial charge on any atom is 0.326 e. The molecule has 96 valence electrons. The SMILES string of the molecule is CCN(C(=O)CCN)[C@H](C(=O)O)C(C)C.Cl. The third-order valence-electron chi connectivity index (χ3n) is 2.24. The lowest BCUT2D eigenvalue weighted by molar-refractivity contribution is -0.152. The molecule has 5 nitrogen and oxygen atoms in total. The fraction of sp³-hybridized carbons (Fsp3) is 0.800. The Morgan fingerprint density at radius 1 is 1.38 bits per heavy atom. The van der Waals surface area contributed by atoms with Gasteiger partial charge in [0.05, 0.1) is 0 Å². The highest BCUT2D eigenvalue weighted by Crippen LogP contribution is 2.12. The molecule has 0 heterocycles. The van der Waals surface area contributed by atoms with Crippen molar-refractivity contribution in [1.29, 1.82) is 0 Å². The highest BCUT2D eigenvalue weighted by atomic mass is 35.5. The van der Waals surface area contributed by atoms with Gasteiger partial charge in [-0.3, -0.25) is 4.79 Å². The van der Waals surface area contributed by atoms with Crippen molar-refractivity contribution in [2.75, 3.05) is 13.1 Å². The van der Waals surface area contributed by atoms with Crippen LogP contribution < -0.4 is 5.73 Å². The molecule has 16 heavy (non-hydrogen) atoms. The van der Waals surface area contributed by atoms with E-state index in [0.29, 0.717) is 6.54 Å². The summed E-state index contributed by atoms with van der Waals surface area (Å²) < 4.78 is 0. The second-order valence-electron chi connectivity index (χ2n) is 3.75. The molecule has 0 rings (SSSR count). The van der Waals surface area contributed by atoms with Gasteiger partial charge in [0.25, 0.3) is 0 Å². The number of nitrogens with zero attached hydrogens (tertiary/aromatic N) is 1. The number of carbonyl (C=O) groups excluding carboxylic acids is 1. The number of carboxylic acids is 1. The Hall–Kier alpha value is -0.810. The van der Waals surface area contributed by atoms with Crippen molar-refractivity contribution in [3.63, 3.8) is 0 Å². The minimum Gasteiger partial charge on any atom is -0.480 e. The second-order valence-corrected chi connectivity index (χ2v) is 3.75. The summed E-state index contributed by atoms with van der Waals surface area (Å²) in [7, 11) is 0. The summed E-state index contributed by atoms with van der Waals surface area (Å²) in [5.74, 6) is -1.26. The molecule has 0 bridgehead atoms. The normalized spacial score (nSPS) is 11.8. The number of carbonyl (C=O) groups is 2. The highest BCUT2D eigenvalue weighted by Gasteiger charge is 2.30. The number of amides is 1. The predicted octanol–water partition coefficient (Wildman–Crippen LogP) is 0.715. The van der Waals surface area contributed by atoms with Gasteiger partial charge in [-0.2, -0.15) is 0 Å². The molecule has 1 amide bonds. The quantitative estimate of drug-likeness (QED) is 0.730. The van der Waals surface area contributed by atoms with Crippen LogP contribution in [0.5, 0.6) is 0 Å². The van der Waals surface area contributed by atoms with Crippen LogP contribution in [0.25, 0.3) is 0 Å². The summed E-state index contributed by atoms with van der Waals surface area (Å²) in [6, 6.07) is -0.756. The molecule has 0 saturated carbocycles. The second kappa shape index (κ2) is 8.35. The first-order chi connectivity index (χ1) is 6.95. The van der Waals surface area contributed by atoms with Crippen LogP contribution in [-0.4, -0.2) is 41.0 Å². The molecule has 0 aromatic heterocycles. The molecule has 0 aliphatic rings. The first-order valence-electron chi connectivity index (χ1n) is 5.18. The highest BCUT2D eigenvalue weighted by molar-refractivity contribution is 5.85. The van der Waals surface area contributed by atoms with Gasteiger partial charge in [0.15, 0.2) is 0 Å². The van der Waals surface area contributed by atoms with E-state index in [9.17, 15) is 9.59 Å². The van der Waals surface area contributed by atoms with Gasteiger partial charge in [0, 0.05) is 19.5 Å². The number of rotatable bonds is 6. The van der Waals surface area contributed by atoms with Crippen molar-refractivity contribution in [3.8, 4) is 0 Å². The molecule has 0 radical (unpaired) electrons. The number of hydrogen-bond donors (Lipinski definition) is 2. The van der Waals surface area contributed by atoms with E-state index in [2.05, 4.69) is 0 Å². The van der Waals surface area contributed by atoms with Crippen molar-refractivity contribution >= 4 is 24.3 Å². The molecule has 0 saturated heterocycles. The zero-order valence-corrected chi connectivity index (χ0v) is 10.8. The Labute approximate surface area is 102 Å². The molecule has 0 aromatic rings. The number of hydrogen-bond acceptors (Lipinski definition) is 3. The third-order valence-corrected chi connectivity index (χ3v) is 2.24. The van der Waals surface area contributed by atoms with Gasteiger partial charge >= 0.3 is 5.97 Å². The van der Waals surface area contributed by atoms with Crippen LogP contribution in [0.15, 0.2) is 0 Å². The summed E-state index contributed by atoms with van der Waals surface area (Å²) in [6.07, 6.45) is 0.199. The summed E-state index contributed by atoms with van der Waals surface area (Å²) in [5.41, 5.74) is 5.28. The zero-order chi connectivity index (χ0) is 12.0. The lowest BCUT2D eigenvalue weighted by Gasteiger charge is -2.30. The van der Waals surface area contributed by atoms with E-state index >= 15 is 0 Å². The molecule has 3 N–H and O–H groups in total. The monoisotopic (exact) mass is 252 g/mol. The number of nitrogens with two attached hydrogens (primary N) is 1. The summed E-state index contributed by atoms with van der Waals surface area (Å²) in [4.78, 5) is 24.0. The standard InChI is InChI=1S/C10H20N2O3.ClH/c1-4-12(8(13)5-6-11)9(7(2)3)10(14)15;/h7,9H,4-6,11H2,1-3H3,(H,14,15);1H/t9-;/m0./s1. The van der Waals surface area contributed by atoms with E-state index in [-0.39, 0.29) is 37.2 Å². The van der Waals surface area contributed by atoms with Gasteiger partial charge in [-0.1, -0.05) is 13.8 Å². The van der Waals surface area contributed by atoms with Crippen LogP contribution in [0.2, 0.25) is 0 Å². The minimum atomic E-state index is -0.961. The number of likely N-dealkylation sites (N-methyl/N-ethyl adjacent to an activating group) is 1. The number of aliphatic carboxylic acids is 1. The van der Waals surface area contributed by atoms with E-state index in [1.807, 2.05) is 0 Å². The predicted molar refractivity (Wildman–Crippen MR) is 64.6 cm³/mol. The number of halogens is 1. The van der Waals surface area contributed by atoms with Crippen molar-refractivity contribution in [2.24, 2.45) is 11.7 Å². The van der Waals surface area contributed by atoms with E-state index in [4.69, 9.17) is 10.8 Å². The molecule has 1 atom stereocenters. The van der Waals surface area contributed by atoms with Gasteiger partial charge in [0.2, 0.25) is 5.91 Å². The largest absolute Gasteiger partial charge is 0.480 e. The van der Waals surface area contributed by atoms with E-state index in [0.717, 1.165) is 0 Å². The maximum absolute atomic E-state index is 11.6. The smallest absolute Gasteiger partial charge is 0.326 e. The van der Waals surface area contributed by atoms with Crippen molar-refractivity contribution in [2.45, 2.75) is 33.2 Å². The Morgan fingerprint density at radius 2 is 1.88 bits per heavy atom. The van der Waals surface area contributed by atoms with Gasteiger partial charge in [-0.15, -0.1) is 12.4 Å². The van der Waals surface area contributed by atoms with Crippen molar-refractivity contribution in [3.05, 3.63) is 0 Å². The Morgan fingerprint density at radius 3 is 2.12 bits per heavy atom. The number of carboxylic acid groups (broad SMARTS) is 1. The van der Waals surface area contributed by atoms with Gasteiger partial charge in [0.1, 0.15) is 6.04 Å². The zero-order valence-electron chi connectivity index (χ0n) is 9.97. The Kier molecular flexibility index (Phi) is 9.18. The van der Waals surface area contributed by atoms with E-state index in [1.54, 1.807) is 20.8 Å². The van der Waals surface area contributed by atoms with Crippen molar-refractivity contribution in [1.82, 2.24) is 4.90 Å². The lowest BCUT2D eigenvalue weighted by atomic mass is 10.0. The minimum absolute atomic E-state index is 0. The van der Waals surface area contributed by atoms with E-state index in [1.165, 1.54) is 4.90 Å². The van der Waals surface area contributed by atoms with Crippen LogP contribution in [0.3, 0.4) is 0 Å². The van der Waals surface area contributed by atoms with Crippen LogP contribution >= 0.6 is 12.4 Å². The van der Waals surface area contributed by atoms with Gasteiger partial charge in [-0.05, 0) is 12.8 Å². The summed E-state index contributed by atoms with van der Waals surface area (Å²) in [5, 5.41) is 9.04. The molecule has 0 unspecified atom stereocenters. The molecule has 0 spiro atoms. The molecular formula is C10H21ClN2O3. The maximum atomic E-state index is 11.6. The molecule has 0 aliphatic carbocycles. The van der Waals surface area contributed by atoms with Crippen LogP contribution in [0.1, 0.15) is 27.2 Å². The third kappa shape index (κ3) is 4.81. The van der Waals surface area contributed by atoms with Crippen molar-refractivity contribution < 1.29 is 14.7 Å². The van der Waals surface area contributed by atoms with Crippen LogP contribution in [-0.2, 0) is 9.59 Å². The van der Waals surface area contributed by atoms with E-state index < -0.39 is 12.0 Å². The van der Waals surface area contributed by atoms with Crippen LogP contribution in [0.4, 0.5) is 0 Å². The Bertz CT molecular complexity index is 234. The first kappa shape index (κ1) is 17.6. The summed E-state index contributed by atoms with van der Waals surface area (Å²) >= 11 is 0. The van der Waals surface area contributed by atoms with Gasteiger partial charge < -0.3 is 15.7 Å². The lowest BCUT2D eigenvalue weighted by Crippen LogP contribution is -2.48. The fourth-order valence-electron chi connectivity index (χ4n) is 1.57. The fourth-order valence-corrected chi connectivity index (χ4v) is 1.57. The molecular weight excluding hydrogens is 232 g/mol.